The first-order valence-electron chi connectivity index (χ1n) is 10.7. The number of anilines is 1. The van der Waals surface area contributed by atoms with Crippen molar-refractivity contribution in [3.63, 3.8) is 0 Å². The SMILES string of the molecule is CNC(=O)c1cc(S(C)(=O)=O)cc(C)c1NC(=O)c1cc(-n2nnc(C(F)(F)F)n2)nn1-c1ncccc1Cl. The molecule has 0 aliphatic rings. The average Bonchev–Trinajstić information content (AvgIpc) is 3.52. The number of aromatic nitrogens is 7. The molecule has 18 heteroatoms. The lowest BCUT2D eigenvalue weighted by Gasteiger charge is -2.15. The van der Waals surface area contributed by atoms with Crippen LogP contribution in [0, 0.1) is 6.92 Å². The molecule has 0 atom stereocenters. The number of hydrogen-bond donors (Lipinski definition) is 2. The van der Waals surface area contributed by atoms with E-state index in [9.17, 15) is 31.2 Å². The second-order valence-corrected chi connectivity index (χ2v) is 10.4. The lowest BCUT2D eigenvalue weighted by atomic mass is 10.1. The molecular formula is C21H17ClF3N9O4S. The number of carbonyl (C=O) groups excluding carboxylic acids is 2. The molecule has 3 aromatic heterocycles. The van der Waals surface area contributed by atoms with Crippen LogP contribution < -0.4 is 10.6 Å². The number of halogens is 4. The van der Waals surface area contributed by atoms with Crippen molar-refractivity contribution in [2.24, 2.45) is 0 Å². The molecule has 3 heterocycles. The third-order valence-electron chi connectivity index (χ3n) is 5.19. The number of tetrazole rings is 1. The van der Waals surface area contributed by atoms with Gasteiger partial charge in [-0.1, -0.05) is 11.6 Å². The maximum atomic E-state index is 13.5. The molecule has 0 unspecified atom stereocenters. The van der Waals surface area contributed by atoms with E-state index in [1.807, 2.05) is 0 Å². The van der Waals surface area contributed by atoms with E-state index in [1.165, 1.54) is 38.4 Å². The van der Waals surface area contributed by atoms with Crippen LogP contribution in [-0.2, 0) is 16.0 Å². The second-order valence-electron chi connectivity index (χ2n) is 7.98. The highest BCUT2D eigenvalue weighted by atomic mass is 35.5. The Labute approximate surface area is 222 Å². The van der Waals surface area contributed by atoms with Gasteiger partial charge in [0.05, 0.1) is 21.2 Å². The number of nitrogens with zero attached hydrogens (tertiary/aromatic N) is 7. The zero-order chi connectivity index (χ0) is 28.7. The summed E-state index contributed by atoms with van der Waals surface area (Å²) in [6, 6.07) is 6.38. The van der Waals surface area contributed by atoms with Crippen molar-refractivity contribution in [1.82, 2.24) is 40.3 Å². The normalized spacial score (nSPS) is 11.9. The van der Waals surface area contributed by atoms with Gasteiger partial charge in [-0.3, -0.25) is 9.59 Å². The Kier molecular flexibility index (Phi) is 7.14. The van der Waals surface area contributed by atoms with Gasteiger partial charge >= 0.3 is 6.18 Å². The van der Waals surface area contributed by atoms with Gasteiger partial charge in [0.15, 0.2) is 21.5 Å². The molecule has 0 aliphatic heterocycles. The fraction of sp³-hybridized carbons (Fsp3) is 0.190. The molecule has 39 heavy (non-hydrogen) atoms. The van der Waals surface area contributed by atoms with Gasteiger partial charge < -0.3 is 10.6 Å². The predicted octanol–water partition coefficient (Wildman–Crippen LogP) is 2.24. The summed E-state index contributed by atoms with van der Waals surface area (Å²) in [5.74, 6) is -3.50. The summed E-state index contributed by atoms with van der Waals surface area (Å²) >= 11 is 6.22. The van der Waals surface area contributed by atoms with Gasteiger partial charge in [0, 0.05) is 25.6 Å². The first kappa shape index (κ1) is 27.6. The minimum atomic E-state index is -4.88. The van der Waals surface area contributed by atoms with Crippen LogP contribution in [0.25, 0.3) is 11.6 Å². The van der Waals surface area contributed by atoms with Crippen molar-refractivity contribution >= 4 is 38.9 Å². The van der Waals surface area contributed by atoms with Crippen molar-refractivity contribution in [3.05, 3.63) is 64.2 Å². The lowest BCUT2D eigenvalue weighted by molar-refractivity contribution is -0.145. The molecule has 2 N–H and O–H groups in total. The molecule has 0 saturated heterocycles. The molecular weight excluding hydrogens is 567 g/mol. The van der Waals surface area contributed by atoms with Crippen LogP contribution in [0.4, 0.5) is 18.9 Å². The largest absolute Gasteiger partial charge is 0.455 e. The van der Waals surface area contributed by atoms with Crippen molar-refractivity contribution in [1.29, 1.82) is 0 Å². The van der Waals surface area contributed by atoms with E-state index in [4.69, 9.17) is 11.6 Å². The van der Waals surface area contributed by atoms with Gasteiger partial charge in [0.2, 0.25) is 0 Å². The Hall–Kier alpha value is -4.38. The highest BCUT2D eigenvalue weighted by Crippen LogP contribution is 2.28. The number of amides is 2. The van der Waals surface area contributed by atoms with E-state index >= 15 is 0 Å². The molecule has 0 aliphatic carbocycles. The predicted molar refractivity (Wildman–Crippen MR) is 130 cm³/mol. The molecule has 13 nitrogen and oxygen atoms in total. The van der Waals surface area contributed by atoms with Crippen LogP contribution in [0.5, 0.6) is 0 Å². The van der Waals surface area contributed by atoms with E-state index in [1.54, 1.807) is 0 Å². The van der Waals surface area contributed by atoms with Gasteiger partial charge in [-0.05, 0) is 42.0 Å². The minimum Gasteiger partial charge on any atom is -0.355 e. The minimum absolute atomic E-state index is 0.0218. The van der Waals surface area contributed by atoms with E-state index in [0.717, 1.165) is 23.1 Å². The van der Waals surface area contributed by atoms with Crippen molar-refractivity contribution in [2.45, 2.75) is 18.0 Å². The molecule has 0 saturated carbocycles. The summed E-state index contributed by atoms with van der Waals surface area (Å²) in [6.07, 6.45) is -2.57. The number of pyridine rings is 1. The van der Waals surface area contributed by atoms with E-state index < -0.39 is 33.7 Å². The smallest absolute Gasteiger partial charge is 0.355 e. The summed E-state index contributed by atoms with van der Waals surface area (Å²) in [7, 11) is -2.38. The van der Waals surface area contributed by atoms with Crippen LogP contribution >= 0.6 is 11.6 Å². The zero-order valence-corrected chi connectivity index (χ0v) is 21.7. The number of alkyl halides is 3. The second kappa shape index (κ2) is 10.1. The third kappa shape index (κ3) is 5.58. The number of aryl methyl sites for hydroxylation is 1. The quantitative estimate of drug-likeness (QED) is 0.346. The fourth-order valence-electron chi connectivity index (χ4n) is 3.37. The molecule has 1 aromatic carbocycles. The van der Waals surface area contributed by atoms with E-state index in [0.29, 0.717) is 4.80 Å². The molecule has 2 amide bonds. The van der Waals surface area contributed by atoms with E-state index in [-0.39, 0.29) is 44.1 Å². The number of nitrogens with one attached hydrogen (secondary N) is 2. The Balaban J connectivity index is 1.84. The first-order chi connectivity index (χ1) is 18.2. The standard InChI is InChI=1S/C21H17ClF3N9O4S/c1-10-7-11(39(3,37)38)8-12(18(35)26-2)16(10)28-19(36)14-9-15(34-31-20(29-32-34)21(23,24)25)30-33(14)17-13(22)5-4-6-27-17/h4-9H,1-3H3,(H,26,35)(H,28,36). The van der Waals surface area contributed by atoms with Crippen LogP contribution in [-0.4, -0.2) is 68.5 Å². The summed E-state index contributed by atoms with van der Waals surface area (Å²) in [5.41, 5.74) is -0.224. The van der Waals surface area contributed by atoms with Crippen LogP contribution in [0.15, 0.2) is 41.4 Å². The Morgan fingerprint density at radius 3 is 2.41 bits per heavy atom. The van der Waals surface area contributed by atoms with Gasteiger partial charge in [-0.25, -0.2) is 18.1 Å². The van der Waals surface area contributed by atoms with Gasteiger partial charge in [-0.15, -0.1) is 20.1 Å². The highest BCUT2D eigenvalue weighted by molar-refractivity contribution is 7.90. The Bertz CT molecular complexity index is 1720. The van der Waals surface area contributed by atoms with E-state index in [2.05, 4.69) is 36.1 Å². The summed E-state index contributed by atoms with van der Waals surface area (Å²) in [5, 5.41) is 18.6. The number of benzene rings is 1. The number of rotatable bonds is 6. The van der Waals surface area contributed by atoms with Crippen molar-refractivity contribution in [2.75, 3.05) is 18.6 Å². The summed E-state index contributed by atoms with van der Waals surface area (Å²) in [4.78, 5) is 30.4. The maximum absolute atomic E-state index is 13.5. The molecule has 204 valence electrons. The maximum Gasteiger partial charge on any atom is 0.455 e. The van der Waals surface area contributed by atoms with Crippen LogP contribution in [0.3, 0.4) is 0 Å². The lowest BCUT2D eigenvalue weighted by Crippen LogP contribution is -2.24. The molecule has 0 fully saturated rings. The fourth-order valence-corrected chi connectivity index (χ4v) is 4.30. The van der Waals surface area contributed by atoms with Gasteiger partial charge in [0.25, 0.3) is 17.6 Å². The summed E-state index contributed by atoms with van der Waals surface area (Å²) in [6.45, 7) is 1.48. The average molecular weight is 584 g/mol. The number of carbonyl (C=O) groups is 2. The van der Waals surface area contributed by atoms with Crippen LogP contribution in [0.1, 0.15) is 32.2 Å². The number of sulfone groups is 1. The number of hydrogen-bond acceptors (Lipinski definition) is 9. The first-order valence-corrected chi connectivity index (χ1v) is 12.9. The monoisotopic (exact) mass is 583 g/mol. The molecule has 4 aromatic rings. The van der Waals surface area contributed by atoms with Gasteiger partial charge in [-0.2, -0.15) is 13.2 Å². The van der Waals surface area contributed by atoms with Crippen LogP contribution in [0.2, 0.25) is 5.02 Å². The molecule has 0 radical (unpaired) electrons. The molecule has 0 bridgehead atoms. The molecule has 0 spiro atoms. The van der Waals surface area contributed by atoms with Crippen molar-refractivity contribution in [3.8, 4) is 11.6 Å². The Morgan fingerprint density at radius 2 is 1.82 bits per heavy atom. The third-order valence-corrected chi connectivity index (χ3v) is 6.58. The molecule has 4 rings (SSSR count). The highest BCUT2D eigenvalue weighted by Gasteiger charge is 2.37. The topological polar surface area (TPSA) is 167 Å². The Morgan fingerprint density at radius 1 is 1.10 bits per heavy atom. The zero-order valence-electron chi connectivity index (χ0n) is 20.1. The van der Waals surface area contributed by atoms with Crippen molar-refractivity contribution < 1.29 is 31.2 Å². The summed E-state index contributed by atoms with van der Waals surface area (Å²) < 4.78 is 64.1. The van der Waals surface area contributed by atoms with Gasteiger partial charge in [0.1, 0.15) is 5.69 Å².